The van der Waals surface area contributed by atoms with Crippen LogP contribution >= 0.6 is 0 Å². The number of aromatic nitrogens is 1. The number of nitrogens with one attached hydrogen (secondary N) is 2. The molecule has 1 amide bonds. The molecule has 1 fully saturated rings. The number of carbonyl (C=O) groups excluding carboxylic acids is 1. The van der Waals surface area contributed by atoms with Gasteiger partial charge in [-0.3, -0.25) is 0 Å². The first-order valence-electron chi connectivity index (χ1n) is 7.89. The van der Waals surface area contributed by atoms with Gasteiger partial charge in [-0.2, -0.15) is 0 Å². The van der Waals surface area contributed by atoms with Crippen LogP contribution in [0.3, 0.4) is 0 Å². The zero-order valence-electron chi connectivity index (χ0n) is 14.2. The summed E-state index contributed by atoms with van der Waals surface area (Å²) in [6.45, 7) is 10.2. The minimum absolute atomic E-state index is 0.178. The fourth-order valence-electron chi connectivity index (χ4n) is 2.77. The molecule has 2 atom stereocenters. The predicted molar refractivity (Wildman–Crippen MR) is 83.6 cm³/mol. The molecule has 1 heterocycles. The van der Waals surface area contributed by atoms with Crippen LogP contribution in [-0.2, 0) is 11.3 Å². The second-order valence-electron chi connectivity index (χ2n) is 7.04. The highest BCUT2D eigenvalue weighted by atomic mass is 16.6. The van der Waals surface area contributed by atoms with Crippen LogP contribution in [0.25, 0.3) is 0 Å². The Labute approximate surface area is 132 Å². The summed E-state index contributed by atoms with van der Waals surface area (Å²) in [4.78, 5) is 11.8. The van der Waals surface area contributed by atoms with Crippen molar-refractivity contribution in [1.82, 2.24) is 15.8 Å². The Balaban J connectivity index is 1.75. The van der Waals surface area contributed by atoms with Gasteiger partial charge in [-0.15, -0.1) is 0 Å². The van der Waals surface area contributed by atoms with E-state index >= 15 is 0 Å². The monoisotopic (exact) mass is 309 g/mol. The molecule has 0 spiro atoms. The highest BCUT2D eigenvalue weighted by Gasteiger charge is 2.27. The van der Waals surface area contributed by atoms with Crippen molar-refractivity contribution in [2.24, 2.45) is 0 Å². The van der Waals surface area contributed by atoms with Crippen LogP contribution < -0.4 is 10.6 Å². The van der Waals surface area contributed by atoms with Crippen molar-refractivity contribution in [2.45, 2.75) is 78.1 Å². The second kappa shape index (κ2) is 6.69. The Bertz CT molecular complexity index is 500. The molecule has 0 aromatic carbocycles. The number of amides is 1. The third-order valence-electron chi connectivity index (χ3n) is 3.90. The lowest BCUT2D eigenvalue weighted by molar-refractivity contribution is 0.0505. The maximum atomic E-state index is 11.8. The van der Waals surface area contributed by atoms with Crippen LogP contribution in [0.5, 0.6) is 0 Å². The second-order valence-corrected chi connectivity index (χ2v) is 7.04. The molecular formula is C16H27N3O3. The van der Waals surface area contributed by atoms with E-state index in [1.165, 1.54) is 0 Å². The Hall–Kier alpha value is -1.56. The average Bonchev–Trinajstić information content (AvgIpc) is 2.93. The number of rotatable bonds is 4. The van der Waals surface area contributed by atoms with Crippen molar-refractivity contribution in [2.75, 3.05) is 0 Å². The van der Waals surface area contributed by atoms with E-state index in [9.17, 15) is 4.79 Å². The fourth-order valence-corrected chi connectivity index (χ4v) is 2.77. The molecule has 2 rings (SSSR count). The highest BCUT2D eigenvalue weighted by Crippen LogP contribution is 2.21. The van der Waals surface area contributed by atoms with Crippen molar-refractivity contribution in [3.8, 4) is 0 Å². The van der Waals surface area contributed by atoms with E-state index in [1.807, 2.05) is 34.6 Å². The van der Waals surface area contributed by atoms with Crippen LogP contribution in [0.4, 0.5) is 4.79 Å². The molecule has 0 bridgehead atoms. The average molecular weight is 309 g/mol. The molecule has 1 aliphatic carbocycles. The summed E-state index contributed by atoms with van der Waals surface area (Å²) in [6, 6.07) is 0.575. The topological polar surface area (TPSA) is 76.4 Å². The maximum Gasteiger partial charge on any atom is 0.407 e. The Morgan fingerprint density at radius 2 is 2.00 bits per heavy atom. The van der Waals surface area contributed by atoms with Gasteiger partial charge >= 0.3 is 6.09 Å². The van der Waals surface area contributed by atoms with E-state index < -0.39 is 5.60 Å². The van der Waals surface area contributed by atoms with Crippen molar-refractivity contribution in [1.29, 1.82) is 0 Å². The van der Waals surface area contributed by atoms with Gasteiger partial charge in [-0.05, 0) is 53.9 Å². The van der Waals surface area contributed by atoms with Gasteiger partial charge in [0, 0.05) is 24.2 Å². The van der Waals surface area contributed by atoms with E-state index in [4.69, 9.17) is 9.26 Å². The molecule has 0 radical (unpaired) electrons. The van der Waals surface area contributed by atoms with Gasteiger partial charge in [-0.1, -0.05) is 5.16 Å². The van der Waals surface area contributed by atoms with Crippen LogP contribution in [0.15, 0.2) is 4.52 Å². The van der Waals surface area contributed by atoms with Gasteiger partial charge < -0.3 is 19.9 Å². The van der Waals surface area contributed by atoms with Crippen molar-refractivity contribution >= 4 is 6.09 Å². The third-order valence-corrected chi connectivity index (χ3v) is 3.90. The minimum Gasteiger partial charge on any atom is -0.444 e. The smallest absolute Gasteiger partial charge is 0.407 e. The number of hydrogen-bond acceptors (Lipinski definition) is 5. The first-order valence-corrected chi connectivity index (χ1v) is 7.89. The molecule has 0 saturated heterocycles. The summed E-state index contributed by atoms with van der Waals surface area (Å²) in [5, 5.41) is 10.4. The van der Waals surface area contributed by atoms with Gasteiger partial charge in [0.05, 0.1) is 5.69 Å². The molecule has 124 valence electrons. The van der Waals surface area contributed by atoms with E-state index in [2.05, 4.69) is 15.8 Å². The molecule has 6 nitrogen and oxygen atoms in total. The number of aryl methyl sites for hydroxylation is 2. The van der Waals surface area contributed by atoms with Gasteiger partial charge in [0.15, 0.2) is 0 Å². The summed E-state index contributed by atoms with van der Waals surface area (Å²) in [7, 11) is 0. The molecule has 1 aromatic heterocycles. The molecule has 1 aliphatic rings. The zero-order chi connectivity index (χ0) is 16.3. The zero-order valence-corrected chi connectivity index (χ0v) is 14.2. The van der Waals surface area contributed by atoms with Gasteiger partial charge in [0.1, 0.15) is 11.4 Å². The van der Waals surface area contributed by atoms with Crippen molar-refractivity contribution in [3.05, 3.63) is 17.0 Å². The van der Waals surface area contributed by atoms with Crippen molar-refractivity contribution < 1.29 is 14.1 Å². The van der Waals surface area contributed by atoms with Crippen molar-refractivity contribution in [3.63, 3.8) is 0 Å². The first-order chi connectivity index (χ1) is 10.2. The van der Waals surface area contributed by atoms with E-state index in [0.717, 1.165) is 42.8 Å². The third kappa shape index (κ3) is 4.73. The van der Waals surface area contributed by atoms with Crippen LogP contribution in [0.1, 0.15) is 57.1 Å². The summed E-state index contributed by atoms with van der Waals surface area (Å²) < 4.78 is 10.5. The Morgan fingerprint density at radius 3 is 2.59 bits per heavy atom. The van der Waals surface area contributed by atoms with E-state index in [0.29, 0.717) is 6.04 Å². The van der Waals surface area contributed by atoms with Gasteiger partial charge in [-0.25, -0.2) is 4.79 Å². The summed E-state index contributed by atoms with van der Waals surface area (Å²) in [5.74, 6) is 0.867. The molecule has 6 heteroatoms. The molecule has 0 aliphatic heterocycles. The summed E-state index contributed by atoms with van der Waals surface area (Å²) in [5.41, 5.74) is 1.61. The lowest BCUT2D eigenvalue weighted by Gasteiger charge is -2.21. The molecule has 1 saturated carbocycles. The molecular weight excluding hydrogens is 282 g/mol. The maximum absolute atomic E-state index is 11.8. The fraction of sp³-hybridized carbons (Fsp3) is 0.750. The molecule has 22 heavy (non-hydrogen) atoms. The Kier molecular flexibility index (Phi) is 5.11. The summed E-state index contributed by atoms with van der Waals surface area (Å²) in [6.07, 6.45) is 2.61. The highest BCUT2D eigenvalue weighted by molar-refractivity contribution is 5.68. The van der Waals surface area contributed by atoms with Crippen LogP contribution in [0.2, 0.25) is 0 Å². The standard InChI is InChI=1S/C16H27N3O3/c1-10-14(11(2)22-19-10)9-17-12-6-7-13(8-12)18-15(20)21-16(3,4)5/h12-13,17H,6-9H2,1-5H3,(H,18,20). The number of nitrogens with zero attached hydrogens (tertiary/aromatic N) is 1. The summed E-state index contributed by atoms with van der Waals surface area (Å²) >= 11 is 0. The number of hydrogen-bond donors (Lipinski definition) is 2. The minimum atomic E-state index is -0.455. The largest absolute Gasteiger partial charge is 0.444 e. The molecule has 1 aromatic rings. The first kappa shape index (κ1) is 16.8. The van der Waals surface area contributed by atoms with Gasteiger partial charge in [0.2, 0.25) is 0 Å². The van der Waals surface area contributed by atoms with Crippen LogP contribution in [-0.4, -0.2) is 28.9 Å². The molecule has 2 unspecified atom stereocenters. The number of alkyl carbamates (subject to hydrolysis) is 1. The quantitative estimate of drug-likeness (QED) is 0.894. The predicted octanol–water partition coefficient (Wildman–Crippen LogP) is 2.83. The van der Waals surface area contributed by atoms with E-state index in [-0.39, 0.29) is 12.1 Å². The number of ether oxygens (including phenoxy) is 1. The SMILES string of the molecule is Cc1noc(C)c1CNC1CCC(NC(=O)OC(C)(C)C)C1. The van der Waals surface area contributed by atoms with Crippen LogP contribution in [0, 0.1) is 13.8 Å². The number of carbonyl (C=O) groups is 1. The van der Waals surface area contributed by atoms with E-state index in [1.54, 1.807) is 0 Å². The molecule has 2 N–H and O–H groups in total. The Morgan fingerprint density at radius 1 is 1.32 bits per heavy atom. The van der Waals surface area contributed by atoms with Gasteiger partial charge in [0.25, 0.3) is 0 Å². The lowest BCUT2D eigenvalue weighted by Crippen LogP contribution is -2.39. The lowest BCUT2D eigenvalue weighted by atomic mass is 10.1. The normalized spacial score (nSPS) is 21.9.